The highest BCUT2D eigenvalue weighted by Crippen LogP contribution is 2.19. The van der Waals surface area contributed by atoms with Crippen LogP contribution in [0.2, 0.25) is 0 Å². The molecular formula is C18H19F2NO2. The maximum atomic E-state index is 13.6. The van der Waals surface area contributed by atoms with Crippen LogP contribution in [0.3, 0.4) is 0 Å². The van der Waals surface area contributed by atoms with Crippen molar-refractivity contribution in [3.05, 3.63) is 65.7 Å². The molecule has 1 amide bonds. The SMILES string of the molecule is CCC(Oc1ccccc1F)C(=O)NC(C)c1ccc(F)cc1. The van der Waals surface area contributed by atoms with Gasteiger partial charge in [-0.2, -0.15) is 0 Å². The number of carbonyl (C=O) groups is 1. The summed E-state index contributed by atoms with van der Waals surface area (Å²) in [5.41, 5.74) is 0.778. The molecule has 3 nitrogen and oxygen atoms in total. The summed E-state index contributed by atoms with van der Waals surface area (Å²) >= 11 is 0. The molecule has 0 saturated heterocycles. The molecule has 0 bridgehead atoms. The quantitative estimate of drug-likeness (QED) is 0.874. The van der Waals surface area contributed by atoms with Crippen LogP contribution in [0.1, 0.15) is 31.9 Å². The predicted octanol–water partition coefficient (Wildman–Crippen LogP) is 4.00. The summed E-state index contributed by atoms with van der Waals surface area (Å²) in [7, 11) is 0. The Morgan fingerprint density at radius 3 is 2.39 bits per heavy atom. The minimum atomic E-state index is -0.796. The number of rotatable bonds is 6. The van der Waals surface area contributed by atoms with Gasteiger partial charge in [0.05, 0.1) is 6.04 Å². The van der Waals surface area contributed by atoms with Crippen LogP contribution in [0, 0.1) is 11.6 Å². The molecule has 1 N–H and O–H groups in total. The van der Waals surface area contributed by atoms with E-state index < -0.39 is 11.9 Å². The fraction of sp³-hybridized carbons (Fsp3) is 0.278. The van der Waals surface area contributed by atoms with E-state index in [1.807, 2.05) is 0 Å². The Hall–Kier alpha value is -2.43. The van der Waals surface area contributed by atoms with E-state index in [-0.39, 0.29) is 23.5 Å². The maximum absolute atomic E-state index is 13.6. The van der Waals surface area contributed by atoms with E-state index in [1.165, 1.54) is 24.3 Å². The fourth-order valence-corrected chi connectivity index (χ4v) is 2.16. The second kappa shape index (κ2) is 7.72. The lowest BCUT2D eigenvalue weighted by Crippen LogP contribution is -2.39. The number of hydrogen-bond acceptors (Lipinski definition) is 2. The highest BCUT2D eigenvalue weighted by molar-refractivity contribution is 5.81. The van der Waals surface area contributed by atoms with Gasteiger partial charge in [0.2, 0.25) is 0 Å². The van der Waals surface area contributed by atoms with Gasteiger partial charge in [-0.15, -0.1) is 0 Å². The molecule has 2 rings (SSSR count). The molecule has 2 aromatic carbocycles. The highest BCUT2D eigenvalue weighted by Gasteiger charge is 2.21. The standard InChI is InChI=1S/C18H19F2NO2/c1-3-16(23-17-7-5-4-6-15(17)20)18(22)21-12(2)13-8-10-14(19)11-9-13/h4-12,16H,3H2,1-2H3,(H,21,22). The van der Waals surface area contributed by atoms with E-state index in [9.17, 15) is 13.6 Å². The molecule has 0 aliphatic carbocycles. The average molecular weight is 319 g/mol. The molecule has 0 heterocycles. The summed E-state index contributed by atoms with van der Waals surface area (Å²) in [6, 6.07) is 11.6. The van der Waals surface area contributed by atoms with Gasteiger partial charge in [-0.1, -0.05) is 31.2 Å². The Balaban J connectivity index is 2.02. The molecule has 23 heavy (non-hydrogen) atoms. The lowest BCUT2D eigenvalue weighted by atomic mass is 10.1. The lowest BCUT2D eigenvalue weighted by molar-refractivity contribution is -0.128. The molecule has 0 radical (unpaired) electrons. The van der Waals surface area contributed by atoms with Crippen molar-refractivity contribution >= 4 is 5.91 Å². The zero-order chi connectivity index (χ0) is 16.8. The second-order valence-corrected chi connectivity index (χ2v) is 5.23. The third-order valence-corrected chi connectivity index (χ3v) is 3.50. The largest absolute Gasteiger partial charge is 0.478 e. The molecule has 0 fully saturated rings. The Morgan fingerprint density at radius 2 is 1.78 bits per heavy atom. The number of nitrogens with one attached hydrogen (secondary N) is 1. The maximum Gasteiger partial charge on any atom is 0.261 e. The van der Waals surface area contributed by atoms with Gasteiger partial charge < -0.3 is 10.1 Å². The predicted molar refractivity (Wildman–Crippen MR) is 84.1 cm³/mol. The Morgan fingerprint density at radius 1 is 1.13 bits per heavy atom. The summed E-state index contributed by atoms with van der Waals surface area (Å²) in [6.45, 7) is 3.58. The number of hydrogen-bond donors (Lipinski definition) is 1. The van der Waals surface area contributed by atoms with Gasteiger partial charge in [-0.3, -0.25) is 4.79 Å². The van der Waals surface area contributed by atoms with Crippen molar-refractivity contribution in [3.8, 4) is 5.75 Å². The second-order valence-electron chi connectivity index (χ2n) is 5.23. The van der Waals surface area contributed by atoms with Gasteiger partial charge in [0.25, 0.3) is 5.91 Å². The summed E-state index contributed by atoms with van der Waals surface area (Å²) in [6.07, 6.45) is -0.397. The summed E-state index contributed by atoms with van der Waals surface area (Å²) in [5.74, 6) is -1.14. The van der Waals surface area contributed by atoms with Crippen molar-refractivity contribution in [3.63, 3.8) is 0 Å². The first-order valence-electron chi connectivity index (χ1n) is 7.48. The number of ether oxygens (including phenoxy) is 1. The van der Waals surface area contributed by atoms with Gasteiger partial charge in [0.15, 0.2) is 17.7 Å². The topological polar surface area (TPSA) is 38.3 Å². The molecule has 2 atom stereocenters. The molecule has 0 saturated carbocycles. The van der Waals surface area contributed by atoms with Crippen molar-refractivity contribution in [1.29, 1.82) is 0 Å². The van der Waals surface area contributed by atoms with Crippen LogP contribution in [-0.4, -0.2) is 12.0 Å². The number of amides is 1. The van der Waals surface area contributed by atoms with Gasteiger partial charge in [-0.05, 0) is 43.2 Å². The van der Waals surface area contributed by atoms with Crippen LogP contribution < -0.4 is 10.1 Å². The first-order chi connectivity index (χ1) is 11.0. The lowest BCUT2D eigenvalue weighted by Gasteiger charge is -2.21. The minimum absolute atomic E-state index is 0.0453. The van der Waals surface area contributed by atoms with Gasteiger partial charge in [0, 0.05) is 0 Å². The molecule has 2 unspecified atom stereocenters. The number of carbonyl (C=O) groups excluding carboxylic acids is 1. The van der Waals surface area contributed by atoms with Gasteiger partial charge in [-0.25, -0.2) is 8.78 Å². The molecular weight excluding hydrogens is 300 g/mol. The van der Waals surface area contributed by atoms with Crippen molar-refractivity contribution in [2.45, 2.75) is 32.4 Å². The smallest absolute Gasteiger partial charge is 0.261 e. The molecule has 0 aliphatic heterocycles. The monoisotopic (exact) mass is 319 g/mol. The average Bonchev–Trinajstić information content (AvgIpc) is 2.54. The molecule has 0 spiro atoms. The zero-order valence-electron chi connectivity index (χ0n) is 13.1. The van der Waals surface area contributed by atoms with Crippen molar-refractivity contribution in [2.24, 2.45) is 0 Å². The van der Waals surface area contributed by atoms with E-state index in [0.717, 1.165) is 5.56 Å². The zero-order valence-corrected chi connectivity index (χ0v) is 13.1. The number of benzene rings is 2. The van der Waals surface area contributed by atoms with Crippen LogP contribution in [0.4, 0.5) is 8.78 Å². The third-order valence-electron chi connectivity index (χ3n) is 3.50. The third kappa shape index (κ3) is 4.52. The number of para-hydroxylation sites is 1. The Labute approximate surface area is 134 Å². The van der Waals surface area contributed by atoms with Gasteiger partial charge >= 0.3 is 0 Å². The number of halogens is 2. The van der Waals surface area contributed by atoms with Crippen LogP contribution in [0.15, 0.2) is 48.5 Å². The first kappa shape index (κ1) is 16.9. The molecule has 2 aromatic rings. The van der Waals surface area contributed by atoms with E-state index >= 15 is 0 Å². The van der Waals surface area contributed by atoms with E-state index in [1.54, 1.807) is 38.1 Å². The fourth-order valence-electron chi connectivity index (χ4n) is 2.16. The van der Waals surface area contributed by atoms with E-state index in [2.05, 4.69) is 5.32 Å². The van der Waals surface area contributed by atoms with E-state index in [0.29, 0.717) is 6.42 Å². The van der Waals surface area contributed by atoms with E-state index in [4.69, 9.17) is 4.74 Å². The summed E-state index contributed by atoms with van der Waals surface area (Å²) in [4.78, 5) is 12.3. The normalized spacial score (nSPS) is 13.2. The van der Waals surface area contributed by atoms with Crippen molar-refractivity contribution in [1.82, 2.24) is 5.32 Å². The molecule has 0 aliphatic rings. The van der Waals surface area contributed by atoms with Crippen molar-refractivity contribution < 1.29 is 18.3 Å². The van der Waals surface area contributed by atoms with Crippen molar-refractivity contribution in [2.75, 3.05) is 0 Å². The molecule has 122 valence electrons. The first-order valence-corrected chi connectivity index (χ1v) is 7.48. The van der Waals surface area contributed by atoms with Crippen LogP contribution in [-0.2, 0) is 4.79 Å². The summed E-state index contributed by atoms with van der Waals surface area (Å²) in [5, 5.41) is 2.80. The Bertz CT molecular complexity index is 658. The Kier molecular flexibility index (Phi) is 5.68. The van der Waals surface area contributed by atoms with Crippen LogP contribution in [0.5, 0.6) is 5.75 Å². The molecule has 5 heteroatoms. The van der Waals surface area contributed by atoms with Gasteiger partial charge in [0.1, 0.15) is 5.82 Å². The van der Waals surface area contributed by atoms with Crippen LogP contribution in [0.25, 0.3) is 0 Å². The highest BCUT2D eigenvalue weighted by atomic mass is 19.1. The van der Waals surface area contributed by atoms with Crippen LogP contribution >= 0.6 is 0 Å². The molecule has 0 aromatic heterocycles. The summed E-state index contributed by atoms with van der Waals surface area (Å²) < 4.78 is 32.0. The minimum Gasteiger partial charge on any atom is -0.478 e.